The van der Waals surface area contributed by atoms with Crippen molar-refractivity contribution in [1.82, 2.24) is 35.1 Å². The minimum atomic E-state index is -0.588. The number of esters is 1. The number of nitrogens with zero attached hydrogens (tertiary/aromatic N) is 5. The highest BCUT2D eigenvalue weighted by Gasteiger charge is 2.29. The Morgan fingerprint density at radius 3 is 2.44 bits per heavy atom. The molecule has 1 aliphatic rings. The van der Waals surface area contributed by atoms with E-state index in [0.29, 0.717) is 25.9 Å². The van der Waals surface area contributed by atoms with Crippen LogP contribution in [0.5, 0.6) is 0 Å². The smallest absolute Gasteiger partial charge is 0.325 e. The van der Waals surface area contributed by atoms with Crippen LogP contribution in [0.4, 0.5) is 0 Å². The highest BCUT2D eigenvalue weighted by atomic mass is 16.5. The van der Waals surface area contributed by atoms with Crippen LogP contribution in [0.1, 0.15) is 44.2 Å². The van der Waals surface area contributed by atoms with E-state index in [2.05, 4.69) is 32.6 Å². The van der Waals surface area contributed by atoms with E-state index >= 15 is 0 Å². The molecule has 0 radical (unpaired) electrons. The van der Waals surface area contributed by atoms with Crippen molar-refractivity contribution in [2.45, 2.75) is 45.1 Å². The van der Waals surface area contributed by atoms with E-state index in [-0.39, 0.29) is 50.1 Å². The van der Waals surface area contributed by atoms with Gasteiger partial charge in [-0.2, -0.15) is 10.2 Å². The van der Waals surface area contributed by atoms with Gasteiger partial charge < -0.3 is 25.1 Å². The summed E-state index contributed by atoms with van der Waals surface area (Å²) < 4.78 is 7.99. The molecule has 0 spiro atoms. The monoisotopic (exact) mass is 615 g/mol. The summed E-state index contributed by atoms with van der Waals surface area (Å²) in [6.45, 7) is 1.90. The lowest BCUT2D eigenvalue weighted by molar-refractivity contribution is -0.141. The van der Waals surface area contributed by atoms with Gasteiger partial charge in [0.25, 0.3) is 0 Å². The Morgan fingerprint density at radius 1 is 0.956 bits per heavy atom. The summed E-state index contributed by atoms with van der Waals surface area (Å²) in [5.41, 5.74) is 4.57. The van der Waals surface area contributed by atoms with E-state index in [9.17, 15) is 24.0 Å². The maximum atomic E-state index is 13.0. The number of carbonyl (C=O) groups excluding carboxylic acids is 5. The molecule has 1 saturated heterocycles. The van der Waals surface area contributed by atoms with Gasteiger partial charge >= 0.3 is 5.97 Å². The third-order valence-electron chi connectivity index (χ3n) is 8.19. The van der Waals surface area contributed by atoms with Crippen molar-refractivity contribution < 1.29 is 28.7 Å². The van der Waals surface area contributed by atoms with E-state index in [1.54, 1.807) is 4.68 Å². The minimum absolute atomic E-state index is 0.00190. The van der Waals surface area contributed by atoms with E-state index < -0.39 is 17.8 Å². The Balaban J connectivity index is 1.42. The molecule has 1 aliphatic heterocycles. The van der Waals surface area contributed by atoms with Gasteiger partial charge in [0.15, 0.2) is 0 Å². The molecule has 3 heterocycles. The molecule has 2 aromatic heterocycles. The number of aryl methyl sites for hydroxylation is 1. The second-order valence-corrected chi connectivity index (χ2v) is 11.3. The molecule has 2 aromatic carbocycles. The fraction of sp³-hybridized carbons (Fsp3) is 0.406. The molecule has 3 amide bonds. The Morgan fingerprint density at radius 2 is 1.71 bits per heavy atom. The number of nitrogens with one attached hydrogen (secondary N) is 2. The normalized spacial score (nSPS) is 13.6. The summed E-state index contributed by atoms with van der Waals surface area (Å²) in [5, 5.41) is 16.3. The number of methoxy groups -OCH3 is 1. The standard InChI is InChI=1S/C32H37N7O6/c1-20(40)7-10-29(43)38-13-11-21(12-14-38)32-31-24(22-8-9-23-16-35-37(2)26(23)15-22)5-4-6-25(31)39(36-32)19-28(42)33-17-27(41)34-18-30(44)45-3/h4-6,8-9,15-16,21H,7,10-14,17-19H2,1-3H3,(H,33,42)(H,34,41). The van der Waals surface area contributed by atoms with Crippen molar-refractivity contribution >= 4 is 51.3 Å². The van der Waals surface area contributed by atoms with Crippen molar-refractivity contribution in [3.8, 4) is 11.1 Å². The molecule has 0 saturated carbocycles. The maximum absolute atomic E-state index is 13.0. The highest BCUT2D eigenvalue weighted by molar-refractivity contribution is 6.00. The molecular formula is C32H37N7O6. The van der Waals surface area contributed by atoms with Gasteiger partial charge in [0.1, 0.15) is 18.9 Å². The summed E-state index contributed by atoms with van der Waals surface area (Å²) >= 11 is 0. The number of hydrogen-bond acceptors (Lipinski definition) is 8. The van der Waals surface area contributed by atoms with E-state index in [0.717, 1.165) is 38.6 Å². The molecule has 5 rings (SSSR count). The lowest BCUT2D eigenvalue weighted by atomic mass is 9.89. The maximum Gasteiger partial charge on any atom is 0.325 e. The molecule has 0 atom stereocenters. The van der Waals surface area contributed by atoms with Gasteiger partial charge in [-0.1, -0.05) is 24.3 Å². The van der Waals surface area contributed by atoms with Crippen LogP contribution >= 0.6 is 0 Å². The summed E-state index contributed by atoms with van der Waals surface area (Å²) in [5.74, 6) is -1.49. The molecule has 0 bridgehead atoms. The average molecular weight is 616 g/mol. The number of fused-ring (bicyclic) bond motifs is 2. The lowest BCUT2D eigenvalue weighted by Crippen LogP contribution is -2.40. The number of ketones is 1. The van der Waals surface area contributed by atoms with Crippen molar-refractivity contribution in [2.24, 2.45) is 7.05 Å². The molecule has 13 nitrogen and oxygen atoms in total. The Kier molecular flexibility index (Phi) is 9.55. The minimum Gasteiger partial charge on any atom is -0.468 e. The molecule has 236 valence electrons. The Labute approximate surface area is 259 Å². The fourth-order valence-electron chi connectivity index (χ4n) is 5.74. The molecule has 2 N–H and O–H groups in total. The molecular weight excluding hydrogens is 578 g/mol. The van der Waals surface area contributed by atoms with Crippen LogP contribution in [0.25, 0.3) is 32.9 Å². The zero-order chi connectivity index (χ0) is 32.1. The van der Waals surface area contributed by atoms with Gasteiger partial charge in [-0.3, -0.25) is 28.5 Å². The molecule has 45 heavy (non-hydrogen) atoms. The largest absolute Gasteiger partial charge is 0.468 e. The predicted molar refractivity (Wildman–Crippen MR) is 166 cm³/mol. The topological polar surface area (TPSA) is 158 Å². The van der Waals surface area contributed by atoms with Crippen LogP contribution in [0, 0.1) is 0 Å². The van der Waals surface area contributed by atoms with Crippen LogP contribution in [0.2, 0.25) is 0 Å². The first-order chi connectivity index (χ1) is 21.6. The Hall–Kier alpha value is -5.07. The van der Waals surface area contributed by atoms with E-state index in [1.807, 2.05) is 47.1 Å². The number of likely N-dealkylation sites (tertiary alicyclic amines) is 1. The molecule has 1 fully saturated rings. The van der Waals surface area contributed by atoms with Crippen molar-refractivity contribution in [1.29, 1.82) is 0 Å². The zero-order valence-corrected chi connectivity index (χ0v) is 25.7. The third-order valence-corrected chi connectivity index (χ3v) is 8.19. The van der Waals surface area contributed by atoms with Gasteiger partial charge in [-0.05, 0) is 43.0 Å². The van der Waals surface area contributed by atoms with Crippen LogP contribution in [-0.4, -0.2) is 87.2 Å². The Bertz CT molecular complexity index is 1770. The summed E-state index contributed by atoms with van der Waals surface area (Å²) in [6.07, 6.45) is 3.67. The van der Waals surface area contributed by atoms with Crippen molar-refractivity contribution in [3.63, 3.8) is 0 Å². The van der Waals surface area contributed by atoms with E-state index in [4.69, 9.17) is 5.10 Å². The highest BCUT2D eigenvalue weighted by Crippen LogP contribution is 2.39. The molecule has 4 aromatic rings. The summed E-state index contributed by atoms with van der Waals surface area (Å²) in [7, 11) is 3.12. The predicted octanol–water partition coefficient (Wildman–Crippen LogP) is 2.07. The number of piperidine rings is 1. The van der Waals surface area contributed by atoms with Gasteiger partial charge in [-0.25, -0.2) is 0 Å². The molecule has 0 unspecified atom stereocenters. The summed E-state index contributed by atoms with van der Waals surface area (Å²) in [6, 6.07) is 12.1. The first kappa shape index (κ1) is 31.4. The van der Waals surface area contributed by atoms with Crippen LogP contribution in [-0.2, 0) is 42.3 Å². The second-order valence-electron chi connectivity index (χ2n) is 11.3. The number of Topliss-reactive ketones (excluding diaryl/α,β-unsaturated/α-hetero) is 1. The zero-order valence-electron chi connectivity index (χ0n) is 25.7. The van der Waals surface area contributed by atoms with Gasteiger partial charge in [-0.15, -0.1) is 0 Å². The van der Waals surface area contributed by atoms with Gasteiger partial charge in [0.2, 0.25) is 17.7 Å². The average Bonchev–Trinajstić information content (AvgIpc) is 3.61. The fourth-order valence-corrected chi connectivity index (χ4v) is 5.74. The van der Waals surface area contributed by atoms with Crippen LogP contribution in [0.15, 0.2) is 42.6 Å². The van der Waals surface area contributed by atoms with Gasteiger partial charge in [0.05, 0.1) is 36.6 Å². The number of ether oxygens (including phenoxy) is 1. The third kappa shape index (κ3) is 7.19. The number of benzene rings is 2. The van der Waals surface area contributed by atoms with Crippen molar-refractivity contribution in [3.05, 3.63) is 48.3 Å². The first-order valence-electron chi connectivity index (χ1n) is 14.9. The number of rotatable bonds is 11. The number of hydrogen-bond donors (Lipinski definition) is 2. The number of aromatic nitrogens is 4. The van der Waals surface area contributed by atoms with Crippen LogP contribution < -0.4 is 10.6 Å². The van der Waals surface area contributed by atoms with Gasteiger partial charge in [0, 0.05) is 49.7 Å². The molecule has 13 heteroatoms. The molecule has 0 aliphatic carbocycles. The number of amides is 3. The second kappa shape index (κ2) is 13.7. The summed E-state index contributed by atoms with van der Waals surface area (Å²) in [4.78, 5) is 62.2. The van der Waals surface area contributed by atoms with Crippen LogP contribution in [0.3, 0.4) is 0 Å². The first-order valence-corrected chi connectivity index (χ1v) is 14.9. The quantitative estimate of drug-likeness (QED) is 0.243. The lowest BCUT2D eigenvalue weighted by Gasteiger charge is -2.31. The van der Waals surface area contributed by atoms with Crippen molar-refractivity contribution in [2.75, 3.05) is 33.3 Å². The number of carbonyl (C=O) groups is 5. The van der Waals surface area contributed by atoms with E-state index in [1.165, 1.54) is 14.0 Å². The SMILES string of the molecule is COC(=O)CNC(=O)CNC(=O)Cn1nc(C2CCN(C(=O)CCC(C)=O)CC2)c2c(-c3ccc4cnn(C)c4c3)cccc21.